The molecule has 0 fully saturated rings. The van der Waals surface area contributed by atoms with Crippen LogP contribution in [0.25, 0.3) is 0 Å². The van der Waals surface area contributed by atoms with E-state index < -0.39 is 74.0 Å². The summed E-state index contributed by atoms with van der Waals surface area (Å²) >= 11 is 0. The summed E-state index contributed by atoms with van der Waals surface area (Å²) in [6, 6.07) is 0. The van der Waals surface area contributed by atoms with Gasteiger partial charge in [-0.3, -0.25) is 0 Å². The van der Waals surface area contributed by atoms with Crippen LogP contribution in [0.4, 0.5) is 0 Å². The molecule has 0 heterocycles. The van der Waals surface area contributed by atoms with Crippen molar-refractivity contribution in [3.8, 4) is 0 Å². The second-order valence-electron chi connectivity index (χ2n) is 4.99. The number of carboxylic acid groups (broad SMARTS) is 2. The molecule has 0 amide bonds. The molecule has 0 aliphatic carbocycles. The number of aliphatic hydroxyl groups is 10. The Balaban J connectivity index is -0.000000411. The first-order valence-electron chi connectivity index (χ1n) is 6.91. The molecule has 15 heteroatoms. The Morgan fingerprint density at radius 1 is 0.593 bits per heavy atom. The molecular weight excluding hydrogens is 427 g/mol. The first kappa shape index (κ1) is 30.8. The smallest absolute Gasteiger partial charge is 0.547 e. The summed E-state index contributed by atoms with van der Waals surface area (Å²) in [6.45, 7) is -1.73. The topological polar surface area (TPSA) is 283 Å². The fourth-order valence-corrected chi connectivity index (χ4v) is 1.32. The van der Waals surface area contributed by atoms with Gasteiger partial charge < -0.3 is 70.9 Å². The molecule has 0 aromatic carbocycles. The average molecular weight is 449 g/mol. The van der Waals surface area contributed by atoms with Gasteiger partial charge in [0.25, 0.3) is 0 Å². The second kappa shape index (κ2) is 15.0. The molecule has 0 aromatic heterocycles. The van der Waals surface area contributed by atoms with E-state index in [0.717, 1.165) is 0 Å². The predicted octanol–water partition coefficient (Wildman–Crippen LogP) is -9.66. The molecular formula is C12H22NiO14. The van der Waals surface area contributed by atoms with E-state index in [1.165, 1.54) is 0 Å². The van der Waals surface area contributed by atoms with Crippen molar-refractivity contribution in [3.63, 3.8) is 0 Å². The van der Waals surface area contributed by atoms with Crippen LogP contribution in [0.1, 0.15) is 0 Å². The largest absolute Gasteiger partial charge is 2.00 e. The summed E-state index contributed by atoms with van der Waals surface area (Å²) in [5, 5.41) is 107. The summed E-state index contributed by atoms with van der Waals surface area (Å²) in [7, 11) is 0. The summed E-state index contributed by atoms with van der Waals surface area (Å²) in [5.74, 6) is -3.95. The van der Waals surface area contributed by atoms with Crippen molar-refractivity contribution in [3.05, 3.63) is 0 Å². The Bertz CT molecular complexity index is 385. The number of carboxylic acids is 2. The fraction of sp³-hybridized carbons (Fsp3) is 0.833. The molecule has 0 aliphatic heterocycles. The van der Waals surface area contributed by atoms with Gasteiger partial charge in [-0.15, -0.1) is 0 Å². The van der Waals surface area contributed by atoms with Crippen LogP contribution in [0, 0.1) is 0 Å². The van der Waals surface area contributed by atoms with E-state index in [9.17, 15) is 19.8 Å². The second-order valence-corrected chi connectivity index (χ2v) is 4.99. The quantitative estimate of drug-likeness (QED) is 0.139. The monoisotopic (exact) mass is 448 g/mol. The van der Waals surface area contributed by atoms with Crippen molar-refractivity contribution in [2.75, 3.05) is 13.2 Å². The molecule has 0 saturated heterocycles. The van der Waals surface area contributed by atoms with Gasteiger partial charge in [-0.2, -0.15) is 0 Å². The van der Waals surface area contributed by atoms with Crippen molar-refractivity contribution in [1.29, 1.82) is 0 Å². The summed E-state index contributed by atoms with van der Waals surface area (Å²) in [6.07, 6.45) is -16.2. The van der Waals surface area contributed by atoms with Gasteiger partial charge in [0, 0.05) is 0 Å². The van der Waals surface area contributed by atoms with Gasteiger partial charge in [-0.25, -0.2) is 0 Å². The number of hydrogen-bond donors (Lipinski definition) is 10. The van der Waals surface area contributed by atoms with Crippen LogP contribution in [-0.2, 0) is 26.1 Å². The van der Waals surface area contributed by atoms with E-state index >= 15 is 0 Å². The van der Waals surface area contributed by atoms with E-state index in [4.69, 9.17) is 51.1 Å². The number of carbonyl (C=O) groups excluding carboxylic acids is 2. The van der Waals surface area contributed by atoms with Crippen molar-refractivity contribution in [2.45, 2.75) is 48.8 Å². The zero-order valence-electron chi connectivity index (χ0n) is 13.5. The van der Waals surface area contributed by atoms with E-state index in [0.29, 0.717) is 0 Å². The molecule has 27 heavy (non-hydrogen) atoms. The minimum Gasteiger partial charge on any atom is -0.547 e. The molecule has 0 unspecified atom stereocenters. The van der Waals surface area contributed by atoms with Crippen LogP contribution < -0.4 is 10.2 Å². The first-order valence-corrected chi connectivity index (χ1v) is 6.91. The number of carbonyl (C=O) groups is 2. The summed E-state index contributed by atoms with van der Waals surface area (Å²) in [5.41, 5.74) is 0. The Morgan fingerprint density at radius 3 is 0.963 bits per heavy atom. The van der Waals surface area contributed by atoms with E-state index in [-0.39, 0.29) is 16.5 Å². The molecule has 0 spiro atoms. The van der Waals surface area contributed by atoms with Crippen molar-refractivity contribution in [2.24, 2.45) is 0 Å². The minimum atomic E-state index is -2.31. The Morgan fingerprint density at radius 2 is 0.815 bits per heavy atom. The zero-order valence-corrected chi connectivity index (χ0v) is 14.4. The van der Waals surface area contributed by atoms with Gasteiger partial charge in [0.05, 0.1) is 25.2 Å². The third kappa shape index (κ3) is 10.8. The molecule has 164 valence electrons. The predicted molar refractivity (Wildman–Crippen MR) is 72.2 cm³/mol. The molecule has 14 nitrogen and oxygen atoms in total. The first-order chi connectivity index (χ1) is 11.8. The molecule has 8 atom stereocenters. The van der Waals surface area contributed by atoms with Gasteiger partial charge in [0.15, 0.2) is 0 Å². The normalized spacial score (nSPS) is 19.6. The zero-order chi connectivity index (χ0) is 21.2. The van der Waals surface area contributed by atoms with E-state index in [1.807, 2.05) is 0 Å². The van der Waals surface area contributed by atoms with Crippen LogP contribution in [0.15, 0.2) is 0 Å². The van der Waals surface area contributed by atoms with Crippen molar-refractivity contribution < 1.29 is 87.4 Å². The van der Waals surface area contributed by atoms with E-state index in [2.05, 4.69) is 0 Å². The van der Waals surface area contributed by atoms with Gasteiger partial charge in [0.1, 0.15) is 48.8 Å². The maximum atomic E-state index is 9.98. The van der Waals surface area contributed by atoms with Gasteiger partial charge in [0.2, 0.25) is 0 Å². The molecule has 0 rings (SSSR count). The van der Waals surface area contributed by atoms with Crippen molar-refractivity contribution >= 4 is 11.9 Å². The van der Waals surface area contributed by atoms with Gasteiger partial charge in [-0.05, 0) is 0 Å². The van der Waals surface area contributed by atoms with Crippen LogP contribution in [0.3, 0.4) is 0 Å². The third-order valence-corrected chi connectivity index (χ3v) is 2.99. The average Bonchev–Trinajstić information content (AvgIpc) is 2.62. The Hall–Kier alpha value is -0.966. The molecule has 0 aliphatic rings. The number of aliphatic carboxylic acids is 2. The molecule has 0 saturated carbocycles. The molecule has 0 radical (unpaired) electrons. The number of hydrogen-bond acceptors (Lipinski definition) is 14. The molecule has 0 aromatic rings. The SMILES string of the molecule is O=C([O-])[C@@H](O)[C@H](O)[C@H](O)[C@@H](O)CO.O=C([O-])[C@@H](O)[C@H](O)[C@H](O)[C@@H](O)CO.[Ni+2]. The van der Waals surface area contributed by atoms with Gasteiger partial charge >= 0.3 is 16.5 Å². The maximum absolute atomic E-state index is 9.98. The Kier molecular flexibility index (Phi) is 17.1. The number of aliphatic hydroxyl groups excluding tert-OH is 10. The van der Waals surface area contributed by atoms with Crippen molar-refractivity contribution in [1.82, 2.24) is 0 Å². The summed E-state index contributed by atoms with van der Waals surface area (Å²) < 4.78 is 0. The fourth-order valence-electron chi connectivity index (χ4n) is 1.32. The van der Waals surface area contributed by atoms with Crippen LogP contribution in [0.5, 0.6) is 0 Å². The van der Waals surface area contributed by atoms with Crippen LogP contribution in [-0.4, -0.2) is 125 Å². The maximum Gasteiger partial charge on any atom is 2.00 e. The van der Waals surface area contributed by atoms with Crippen LogP contribution >= 0.6 is 0 Å². The minimum absolute atomic E-state index is 0. The summed E-state index contributed by atoms with van der Waals surface area (Å²) in [4.78, 5) is 20.0. The third-order valence-electron chi connectivity index (χ3n) is 2.99. The Labute approximate surface area is 162 Å². The standard InChI is InChI=1S/2C6H12O7.Ni/c2*7-1-2(8)3(9)4(10)5(11)6(12)13;/h2*2-5,7-11H,1H2,(H,12,13);/q;;+2/p-2/t2*2-,3+,4+,5-;/m00./s1. The van der Waals surface area contributed by atoms with E-state index in [1.54, 1.807) is 0 Å². The van der Waals surface area contributed by atoms with Gasteiger partial charge in [-0.1, -0.05) is 0 Å². The molecule has 10 N–H and O–H groups in total. The molecule has 0 bridgehead atoms. The van der Waals surface area contributed by atoms with Crippen LogP contribution in [0.2, 0.25) is 0 Å². The number of rotatable bonds is 10.